The van der Waals surface area contributed by atoms with Crippen LogP contribution < -0.4 is 0 Å². The van der Waals surface area contributed by atoms with Crippen molar-refractivity contribution in [2.45, 2.75) is 0 Å². The summed E-state index contributed by atoms with van der Waals surface area (Å²) in [5.74, 6) is 1.47. The lowest BCUT2D eigenvalue weighted by molar-refractivity contribution is 0.990. The van der Waals surface area contributed by atoms with Crippen LogP contribution in [0.5, 0.6) is 0 Å². The van der Waals surface area contributed by atoms with Crippen molar-refractivity contribution < 1.29 is 0 Å². The summed E-state index contributed by atoms with van der Waals surface area (Å²) in [7, 11) is 0. The van der Waals surface area contributed by atoms with Gasteiger partial charge in [0.1, 0.15) is 5.52 Å². The molecule has 0 fully saturated rings. The monoisotopic (exact) mass is 526 g/mol. The lowest BCUT2D eigenvalue weighted by Gasteiger charge is -2.11. The Hall–Kier alpha value is -5.75. The molecule has 6 heteroatoms. The fraction of sp³-hybridized carbons (Fsp3) is 0. The van der Waals surface area contributed by atoms with Gasteiger partial charge in [-0.3, -0.25) is 13.5 Å². The van der Waals surface area contributed by atoms with E-state index < -0.39 is 0 Å². The van der Waals surface area contributed by atoms with Gasteiger partial charge in [0.05, 0.1) is 27.8 Å². The molecule has 0 saturated carbocycles. The Morgan fingerprint density at radius 3 is 1.90 bits per heavy atom. The van der Waals surface area contributed by atoms with Crippen molar-refractivity contribution in [2.75, 3.05) is 0 Å². The first-order valence-corrected chi connectivity index (χ1v) is 13.7. The third-order valence-electron chi connectivity index (χ3n) is 7.86. The molecule has 9 rings (SSSR count). The number of nitrogens with zero attached hydrogens (tertiary/aromatic N) is 6. The van der Waals surface area contributed by atoms with Crippen molar-refractivity contribution in [2.24, 2.45) is 0 Å². The molecule has 5 aromatic carbocycles. The fourth-order valence-corrected chi connectivity index (χ4v) is 6.11. The third kappa shape index (κ3) is 3.10. The van der Waals surface area contributed by atoms with Crippen LogP contribution in [-0.4, -0.2) is 28.5 Å². The number of fused-ring (bicyclic) bond motifs is 8. The largest absolute Gasteiger partial charge is 0.278 e. The van der Waals surface area contributed by atoms with E-state index in [4.69, 9.17) is 15.0 Å². The third-order valence-corrected chi connectivity index (χ3v) is 7.86. The maximum absolute atomic E-state index is 5.30. The van der Waals surface area contributed by atoms with Gasteiger partial charge >= 0.3 is 0 Å². The average molecular weight is 527 g/mol. The predicted molar refractivity (Wildman–Crippen MR) is 165 cm³/mol. The molecule has 0 amide bonds. The van der Waals surface area contributed by atoms with Crippen molar-refractivity contribution in [1.82, 2.24) is 28.5 Å². The Morgan fingerprint density at radius 1 is 0.463 bits per heavy atom. The van der Waals surface area contributed by atoms with Crippen LogP contribution in [0.3, 0.4) is 0 Å². The molecule has 4 aromatic heterocycles. The molecule has 41 heavy (non-hydrogen) atoms. The summed E-state index contributed by atoms with van der Waals surface area (Å²) in [4.78, 5) is 15.7. The summed E-state index contributed by atoms with van der Waals surface area (Å²) < 4.78 is 6.65. The summed E-state index contributed by atoms with van der Waals surface area (Å²) in [5.41, 5.74) is 8.97. The topological polar surface area (TPSA) is 52.9 Å². The molecular formula is C35H22N6. The molecule has 0 saturated heterocycles. The molecule has 9 aromatic rings. The second kappa shape index (κ2) is 8.37. The Kier molecular flexibility index (Phi) is 4.51. The van der Waals surface area contributed by atoms with Gasteiger partial charge in [0.25, 0.3) is 0 Å². The molecule has 0 aliphatic carbocycles. The minimum Gasteiger partial charge on any atom is -0.278 e. The molecule has 0 aliphatic heterocycles. The standard InChI is InChI=1S/C35H22N6/c1-3-13-23(14-4-1)31-25-17-7-9-19-27(25)36-34(37-31)40-28-20-10-8-18-26(28)32-33(40)41-30-22-12-11-21-29(30)39(35(41)38-32)24-15-5-2-6-16-24/h1-22H. The summed E-state index contributed by atoms with van der Waals surface area (Å²) in [6.07, 6.45) is 0. The van der Waals surface area contributed by atoms with Gasteiger partial charge in [-0.2, -0.15) is 0 Å². The Bertz CT molecular complexity index is 2410. The second-order valence-corrected chi connectivity index (χ2v) is 10.2. The number of aromatic nitrogens is 6. The molecule has 0 radical (unpaired) electrons. The number of imidazole rings is 2. The molecule has 0 unspecified atom stereocenters. The van der Waals surface area contributed by atoms with Gasteiger partial charge in [0.15, 0.2) is 5.65 Å². The lowest BCUT2D eigenvalue weighted by Crippen LogP contribution is -2.05. The predicted octanol–water partition coefficient (Wildman–Crippen LogP) is 7.99. The zero-order chi connectivity index (χ0) is 26.9. The average Bonchev–Trinajstić information content (AvgIpc) is 3.67. The molecule has 0 spiro atoms. The zero-order valence-corrected chi connectivity index (χ0v) is 21.9. The van der Waals surface area contributed by atoms with E-state index in [0.717, 1.165) is 66.7 Å². The van der Waals surface area contributed by atoms with Crippen molar-refractivity contribution in [3.8, 4) is 22.9 Å². The van der Waals surface area contributed by atoms with Gasteiger partial charge < -0.3 is 0 Å². The summed E-state index contributed by atoms with van der Waals surface area (Å²) in [5, 5.41) is 2.09. The molecule has 192 valence electrons. The van der Waals surface area contributed by atoms with Gasteiger partial charge in [-0.1, -0.05) is 97.1 Å². The molecule has 0 aliphatic rings. The minimum atomic E-state index is 0.618. The van der Waals surface area contributed by atoms with Crippen molar-refractivity contribution >= 4 is 49.8 Å². The Labute approximate surface area is 234 Å². The highest BCUT2D eigenvalue weighted by atomic mass is 15.3. The Morgan fingerprint density at radius 2 is 1.10 bits per heavy atom. The van der Waals surface area contributed by atoms with Crippen LogP contribution >= 0.6 is 0 Å². The first kappa shape index (κ1) is 22.1. The first-order valence-electron chi connectivity index (χ1n) is 13.7. The number of hydrogen-bond donors (Lipinski definition) is 0. The summed E-state index contributed by atoms with van der Waals surface area (Å²) >= 11 is 0. The smallest absolute Gasteiger partial charge is 0.237 e. The second-order valence-electron chi connectivity index (χ2n) is 10.2. The van der Waals surface area contributed by atoms with E-state index in [2.05, 4.69) is 111 Å². The van der Waals surface area contributed by atoms with Crippen molar-refractivity contribution in [3.05, 3.63) is 133 Å². The van der Waals surface area contributed by atoms with Crippen molar-refractivity contribution in [1.29, 1.82) is 0 Å². The van der Waals surface area contributed by atoms with E-state index >= 15 is 0 Å². The van der Waals surface area contributed by atoms with E-state index in [-0.39, 0.29) is 0 Å². The van der Waals surface area contributed by atoms with E-state index in [1.165, 1.54) is 0 Å². The van der Waals surface area contributed by atoms with Crippen LogP contribution in [0, 0.1) is 0 Å². The van der Waals surface area contributed by atoms with Crippen LogP contribution in [0.4, 0.5) is 0 Å². The summed E-state index contributed by atoms with van der Waals surface area (Å²) in [6.45, 7) is 0. The molecule has 0 N–H and O–H groups in total. The lowest BCUT2D eigenvalue weighted by atomic mass is 10.1. The van der Waals surface area contributed by atoms with Crippen LogP contribution in [0.2, 0.25) is 0 Å². The molecule has 6 nitrogen and oxygen atoms in total. The maximum atomic E-state index is 5.30. The number of benzene rings is 5. The molecule has 0 bridgehead atoms. The van der Waals surface area contributed by atoms with Gasteiger partial charge in [-0.15, -0.1) is 0 Å². The van der Waals surface area contributed by atoms with Crippen LogP contribution in [0.25, 0.3) is 72.7 Å². The quantitative estimate of drug-likeness (QED) is 0.234. The van der Waals surface area contributed by atoms with Gasteiger partial charge in [0.2, 0.25) is 11.7 Å². The van der Waals surface area contributed by atoms with Crippen molar-refractivity contribution in [3.63, 3.8) is 0 Å². The van der Waals surface area contributed by atoms with Crippen LogP contribution in [0.15, 0.2) is 133 Å². The highest BCUT2D eigenvalue weighted by Gasteiger charge is 2.25. The highest BCUT2D eigenvalue weighted by molar-refractivity contribution is 6.09. The summed E-state index contributed by atoms with van der Waals surface area (Å²) in [6, 6.07) is 45.8. The van der Waals surface area contributed by atoms with Crippen LogP contribution in [0.1, 0.15) is 0 Å². The first-order chi connectivity index (χ1) is 20.4. The SMILES string of the molecule is c1ccc(-c2nc(-n3c4ccccc4c4nc5n(-c6ccccc6)c6ccccc6n5c43)nc3ccccc23)cc1. The Balaban J connectivity index is 1.47. The van der Waals surface area contributed by atoms with E-state index in [0.29, 0.717) is 5.95 Å². The maximum Gasteiger partial charge on any atom is 0.237 e. The van der Waals surface area contributed by atoms with Gasteiger partial charge in [-0.25, -0.2) is 15.0 Å². The van der Waals surface area contributed by atoms with Gasteiger partial charge in [-0.05, 0) is 36.4 Å². The minimum absolute atomic E-state index is 0.618. The van der Waals surface area contributed by atoms with E-state index in [9.17, 15) is 0 Å². The zero-order valence-electron chi connectivity index (χ0n) is 21.9. The normalized spacial score (nSPS) is 11.9. The van der Waals surface area contributed by atoms with E-state index in [1.807, 2.05) is 36.4 Å². The number of para-hydroxylation sites is 5. The van der Waals surface area contributed by atoms with E-state index in [1.54, 1.807) is 0 Å². The highest BCUT2D eigenvalue weighted by Crippen LogP contribution is 2.37. The number of hydrogen-bond acceptors (Lipinski definition) is 3. The fourth-order valence-electron chi connectivity index (χ4n) is 6.11. The molecule has 4 heterocycles. The number of rotatable bonds is 3. The van der Waals surface area contributed by atoms with Gasteiger partial charge in [0, 0.05) is 22.0 Å². The molecule has 0 atom stereocenters. The van der Waals surface area contributed by atoms with Crippen LogP contribution in [-0.2, 0) is 0 Å². The molecular weight excluding hydrogens is 504 g/mol.